The average molecular weight is 500 g/mol. The van der Waals surface area contributed by atoms with Crippen molar-refractivity contribution < 1.29 is 9.18 Å². The number of carbonyl (C=O) groups is 1. The maximum absolute atomic E-state index is 13.0. The Morgan fingerprint density at radius 3 is 2.27 bits per heavy atom. The van der Waals surface area contributed by atoms with Crippen molar-refractivity contribution in [3.8, 4) is 17.1 Å². The van der Waals surface area contributed by atoms with Gasteiger partial charge in [-0.1, -0.05) is 47.1 Å². The standard InChI is InChI=1S/C23H16Cl2FN5OS/c24-17-5-3-16(4-6-17)22-29-30-23(31(22)20-11-7-18(25)8-12-20)33-14-21(32)28-27-13-15-1-9-19(26)10-2-15/h1-13H,14H2,(H,28,32). The van der Waals surface area contributed by atoms with Crippen LogP contribution in [0.2, 0.25) is 10.0 Å². The quantitative estimate of drug-likeness (QED) is 0.203. The van der Waals surface area contributed by atoms with Crippen LogP contribution in [-0.2, 0) is 4.79 Å². The highest BCUT2D eigenvalue weighted by Gasteiger charge is 2.17. The Bertz CT molecular complexity index is 1280. The molecule has 1 N–H and O–H groups in total. The number of amides is 1. The molecule has 0 saturated heterocycles. The van der Waals surface area contributed by atoms with Crippen LogP contribution in [0.4, 0.5) is 4.39 Å². The smallest absolute Gasteiger partial charge is 0.250 e. The summed E-state index contributed by atoms with van der Waals surface area (Å²) in [5.74, 6) is 0.00579. The van der Waals surface area contributed by atoms with E-state index in [0.717, 1.165) is 11.3 Å². The summed E-state index contributed by atoms with van der Waals surface area (Å²) >= 11 is 13.3. The maximum atomic E-state index is 13.0. The summed E-state index contributed by atoms with van der Waals surface area (Å²) in [5, 5.41) is 14.3. The molecule has 0 fully saturated rings. The highest BCUT2D eigenvalue weighted by atomic mass is 35.5. The van der Waals surface area contributed by atoms with Crippen LogP contribution in [-0.4, -0.2) is 32.6 Å². The third-order valence-corrected chi connectivity index (χ3v) is 5.86. The van der Waals surface area contributed by atoms with Gasteiger partial charge in [0.1, 0.15) is 5.82 Å². The van der Waals surface area contributed by atoms with Crippen molar-refractivity contribution in [2.75, 3.05) is 5.75 Å². The molecule has 166 valence electrons. The van der Waals surface area contributed by atoms with Crippen molar-refractivity contribution in [2.24, 2.45) is 5.10 Å². The highest BCUT2D eigenvalue weighted by Crippen LogP contribution is 2.29. The number of benzene rings is 3. The number of aromatic nitrogens is 3. The van der Waals surface area contributed by atoms with Crippen molar-refractivity contribution in [3.63, 3.8) is 0 Å². The van der Waals surface area contributed by atoms with Crippen molar-refractivity contribution in [1.29, 1.82) is 0 Å². The van der Waals surface area contributed by atoms with E-state index in [1.807, 2.05) is 28.8 Å². The molecule has 10 heteroatoms. The second-order valence-corrected chi connectivity index (χ2v) is 8.57. The molecule has 0 radical (unpaired) electrons. The van der Waals surface area contributed by atoms with Gasteiger partial charge in [-0.3, -0.25) is 9.36 Å². The number of hydrogen-bond donors (Lipinski definition) is 1. The van der Waals surface area contributed by atoms with Gasteiger partial charge >= 0.3 is 0 Å². The first-order chi connectivity index (χ1) is 16.0. The van der Waals surface area contributed by atoms with Crippen LogP contribution < -0.4 is 5.43 Å². The summed E-state index contributed by atoms with van der Waals surface area (Å²) in [6, 6.07) is 20.3. The molecule has 1 aromatic heterocycles. The molecule has 3 aromatic carbocycles. The Balaban J connectivity index is 1.51. The number of hydrogen-bond acceptors (Lipinski definition) is 5. The molecule has 6 nitrogen and oxygen atoms in total. The van der Waals surface area contributed by atoms with Gasteiger partial charge in [0.05, 0.1) is 12.0 Å². The third-order valence-electron chi connectivity index (χ3n) is 4.43. The Kier molecular flexibility index (Phi) is 7.39. The molecule has 0 bridgehead atoms. The number of thioether (sulfide) groups is 1. The fourth-order valence-corrected chi connectivity index (χ4v) is 3.86. The molecule has 4 aromatic rings. The lowest BCUT2D eigenvalue weighted by Gasteiger charge is -2.10. The van der Waals surface area contributed by atoms with E-state index in [0.29, 0.717) is 26.6 Å². The number of nitrogens with one attached hydrogen (secondary N) is 1. The van der Waals surface area contributed by atoms with E-state index < -0.39 is 0 Å². The summed E-state index contributed by atoms with van der Waals surface area (Å²) in [4.78, 5) is 12.3. The topological polar surface area (TPSA) is 72.2 Å². The minimum atomic E-state index is -0.338. The fraction of sp³-hybridized carbons (Fsp3) is 0.0435. The molecule has 0 aliphatic heterocycles. The number of halogens is 3. The molecule has 0 unspecified atom stereocenters. The minimum absolute atomic E-state index is 0.0626. The van der Waals surface area contributed by atoms with Crippen LogP contribution in [0.1, 0.15) is 5.56 Å². The largest absolute Gasteiger partial charge is 0.272 e. The predicted octanol–water partition coefficient (Wildman–Crippen LogP) is 5.62. The third kappa shape index (κ3) is 5.98. The zero-order valence-electron chi connectivity index (χ0n) is 17.0. The van der Waals surface area contributed by atoms with Crippen LogP contribution in [0.15, 0.2) is 83.1 Å². The predicted molar refractivity (Wildman–Crippen MR) is 130 cm³/mol. The monoisotopic (exact) mass is 499 g/mol. The molecule has 0 aliphatic rings. The van der Waals surface area contributed by atoms with E-state index in [4.69, 9.17) is 23.2 Å². The summed E-state index contributed by atoms with van der Waals surface area (Å²) in [6.45, 7) is 0. The van der Waals surface area contributed by atoms with Gasteiger partial charge in [-0.2, -0.15) is 5.10 Å². The van der Waals surface area contributed by atoms with Gasteiger partial charge in [0.25, 0.3) is 5.91 Å². The van der Waals surface area contributed by atoms with Crippen LogP contribution >= 0.6 is 35.0 Å². The summed E-state index contributed by atoms with van der Waals surface area (Å²) < 4.78 is 14.8. The first-order valence-corrected chi connectivity index (χ1v) is 11.4. The molecule has 1 heterocycles. The fourth-order valence-electron chi connectivity index (χ4n) is 2.86. The molecule has 0 saturated carbocycles. The Hall–Kier alpha value is -3.20. The summed E-state index contributed by atoms with van der Waals surface area (Å²) in [5.41, 5.74) is 4.74. The van der Waals surface area contributed by atoms with Crippen LogP contribution in [0.5, 0.6) is 0 Å². The van der Waals surface area contributed by atoms with Crippen molar-refractivity contribution in [3.05, 3.63) is 94.2 Å². The molecule has 33 heavy (non-hydrogen) atoms. The number of rotatable bonds is 7. The number of nitrogens with zero attached hydrogens (tertiary/aromatic N) is 4. The SMILES string of the molecule is O=C(CSc1nnc(-c2ccc(Cl)cc2)n1-c1ccc(Cl)cc1)NN=Cc1ccc(F)cc1. The highest BCUT2D eigenvalue weighted by molar-refractivity contribution is 7.99. The lowest BCUT2D eigenvalue weighted by molar-refractivity contribution is -0.118. The van der Waals surface area contributed by atoms with E-state index in [9.17, 15) is 9.18 Å². The maximum Gasteiger partial charge on any atom is 0.250 e. The first-order valence-electron chi connectivity index (χ1n) is 9.67. The normalized spacial score (nSPS) is 11.1. The van der Waals surface area contributed by atoms with Gasteiger partial charge < -0.3 is 0 Å². The minimum Gasteiger partial charge on any atom is -0.272 e. The van der Waals surface area contributed by atoms with Gasteiger partial charge in [-0.15, -0.1) is 10.2 Å². The second kappa shape index (κ2) is 10.6. The zero-order valence-corrected chi connectivity index (χ0v) is 19.3. The van der Waals surface area contributed by atoms with Gasteiger partial charge in [-0.05, 0) is 66.2 Å². The average Bonchev–Trinajstić information content (AvgIpc) is 3.24. The molecular formula is C23H16Cl2FN5OS. The van der Waals surface area contributed by atoms with E-state index >= 15 is 0 Å². The van der Waals surface area contributed by atoms with E-state index in [2.05, 4.69) is 20.7 Å². The zero-order chi connectivity index (χ0) is 23.2. The summed E-state index contributed by atoms with van der Waals surface area (Å²) in [7, 11) is 0. The van der Waals surface area contributed by atoms with Crippen LogP contribution in [0.3, 0.4) is 0 Å². The van der Waals surface area contributed by atoms with Crippen LogP contribution in [0.25, 0.3) is 17.1 Å². The molecular weight excluding hydrogens is 484 g/mol. The number of carbonyl (C=O) groups excluding carboxylic acids is 1. The Labute approximate surface area is 203 Å². The first kappa shape index (κ1) is 23.0. The van der Waals surface area contributed by atoms with Crippen LogP contribution in [0, 0.1) is 5.82 Å². The Morgan fingerprint density at radius 2 is 1.61 bits per heavy atom. The van der Waals surface area contributed by atoms with Gasteiger partial charge in [0.2, 0.25) is 0 Å². The Morgan fingerprint density at radius 1 is 0.970 bits per heavy atom. The number of hydrazone groups is 1. The molecule has 0 aliphatic carbocycles. The van der Waals surface area contributed by atoms with Crippen molar-refractivity contribution in [2.45, 2.75) is 5.16 Å². The van der Waals surface area contributed by atoms with Gasteiger partial charge in [0, 0.05) is 21.3 Å². The molecule has 4 rings (SSSR count). The molecule has 0 atom stereocenters. The van der Waals surface area contributed by atoms with Gasteiger partial charge in [0.15, 0.2) is 11.0 Å². The second-order valence-electron chi connectivity index (χ2n) is 6.76. The van der Waals surface area contributed by atoms with E-state index in [1.165, 1.54) is 30.1 Å². The lowest BCUT2D eigenvalue weighted by Crippen LogP contribution is -2.20. The van der Waals surface area contributed by atoms with Gasteiger partial charge in [-0.25, -0.2) is 9.82 Å². The van der Waals surface area contributed by atoms with E-state index in [-0.39, 0.29) is 17.5 Å². The molecule has 1 amide bonds. The van der Waals surface area contributed by atoms with Crippen molar-refractivity contribution >= 4 is 47.1 Å². The van der Waals surface area contributed by atoms with E-state index in [1.54, 1.807) is 36.4 Å². The van der Waals surface area contributed by atoms with Crippen molar-refractivity contribution in [1.82, 2.24) is 20.2 Å². The molecule has 0 spiro atoms. The lowest BCUT2D eigenvalue weighted by atomic mass is 10.2. The summed E-state index contributed by atoms with van der Waals surface area (Å²) in [6.07, 6.45) is 1.44.